The minimum atomic E-state index is 1.06. The lowest BCUT2D eigenvalue weighted by atomic mass is 9.94. The van der Waals surface area contributed by atoms with E-state index in [2.05, 4.69) is 186 Å². The first-order valence-corrected chi connectivity index (χ1v) is 15.0. The molecular weight excluding hydrogens is 532 g/mol. The van der Waals surface area contributed by atoms with Gasteiger partial charge in [0.1, 0.15) is 0 Å². The third-order valence-corrected chi connectivity index (χ3v) is 8.39. The summed E-state index contributed by atoms with van der Waals surface area (Å²) >= 11 is 0. The second-order valence-corrected chi connectivity index (χ2v) is 11.1. The van der Waals surface area contributed by atoms with Gasteiger partial charge in [0.15, 0.2) is 0 Å². The average Bonchev–Trinajstić information content (AvgIpc) is 3.42. The highest BCUT2D eigenvalue weighted by Gasteiger charge is 2.16. The SMILES string of the molecule is c1ccc(-c2ccccc2Nc2ccc3c(c2)c2cc(-c4ccccc4-c4ccccc4)ccc2n3-c2ccccc2)cc1. The summed E-state index contributed by atoms with van der Waals surface area (Å²) in [7, 11) is 0. The molecule has 8 rings (SSSR count). The molecule has 0 unspecified atom stereocenters. The maximum absolute atomic E-state index is 3.74. The molecule has 44 heavy (non-hydrogen) atoms. The van der Waals surface area contributed by atoms with Crippen LogP contribution in [0.4, 0.5) is 11.4 Å². The van der Waals surface area contributed by atoms with Gasteiger partial charge in [0, 0.05) is 33.4 Å². The van der Waals surface area contributed by atoms with Crippen molar-refractivity contribution in [3.63, 3.8) is 0 Å². The first-order chi connectivity index (χ1) is 21.8. The number of rotatable bonds is 6. The third-order valence-electron chi connectivity index (χ3n) is 8.39. The lowest BCUT2D eigenvalue weighted by Gasteiger charge is -2.13. The summed E-state index contributed by atoms with van der Waals surface area (Å²) in [6.07, 6.45) is 0. The zero-order valence-electron chi connectivity index (χ0n) is 24.2. The fourth-order valence-electron chi connectivity index (χ4n) is 6.35. The van der Waals surface area contributed by atoms with Crippen molar-refractivity contribution in [2.75, 3.05) is 5.32 Å². The highest BCUT2D eigenvalue weighted by atomic mass is 15.0. The first-order valence-electron chi connectivity index (χ1n) is 15.0. The van der Waals surface area contributed by atoms with E-state index >= 15 is 0 Å². The van der Waals surface area contributed by atoms with E-state index in [1.165, 1.54) is 55.2 Å². The summed E-state index contributed by atoms with van der Waals surface area (Å²) in [5.41, 5.74) is 12.9. The summed E-state index contributed by atoms with van der Waals surface area (Å²) in [5, 5.41) is 6.18. The number of nitrogens with zero attached hydrogens (tertiary/aromatic N) is 1. The number of fused-ring (bicyclic) bond motifs is 3. The highest BCUT2D eigenvalue weighted by Crippen LogP contribution is 2.39. The van der Waals surface area contributed by atoms with Crippen LogP contribution in [0.1, 0.15) is 0 Å². The molecule has 1 N–H and O–H groups in total. The van der Waals surface area contributed by atoms with Gasteiger partial charge in [-0.15, -0.1) is 0 Å². The Hall–Kier alpha value is -5.86. The standard InChI is InChI=1S/C42H30N2/c1-4-14-30(15-5-1)35-20-10-11-21-36(35)32-24-26-41-38(28-32)39-29-33(25-27-42(39)44(41)34-18-8-3-9-19-34)43-40-23-13-12-22-37(40)31-16-6-2-7-17-31/h1-29,43H. The Morgan fingerprint density at radius 3 is 1.55 bits per heavy atom. The molecule has 1 aromatic heterocycles. The Morgan fingerprint density at radius 2 is 0.864 bits per heavy atom. The maximum Gasteiger partial charge on any atom is 0.0542 e. The van der Waals surface area contributed by atoms with E-state index in [1.54, 1.807) is 0 Å². The van der Waals surface area contributed by atoms with Gasteiger partial charge in [-0.25, -0.2) is 0 Å². The Bertz CT molecular complexity index is 2230. The fourth-order valence-corrected chi connectivity index (χ4v) is 6.35. The molecule has 0 fully saturated rings. The number of hydrogen-bond donors (Lipinski definition) is 1. The maximum atomic E-state index is 3.74. The molecule has 0 saturated carbocycles. The molecule has 0 bridgehead atoms. The number of benzene rings is 7. The van der Waals surface area contributed by atoms with Crippen molar-refractivity contribution in [1.82, 2.24) is 4.57 Å². The van der Waals surface area contributed by atoms with Gasteiger partial charge in [-0.1, -0.05) is 127 Å². The lowest BCUT2D eigenvalue weighted by Crippen LogP contribution is -1.95. The van der Waals surface area contributed by atoms with Crippen molar-refractivity contribution in [2.45, 2.75) is 0 Å². The molecule has 2 heteroatoms. The highest BCUT2D eigenvalue weighted by molar-refractivity contribution is 6.12. The average molecular weight is 563 g/mol. The van der Waals surface area contributed by atoms with Crippen LogP contribution in [-0.4, -0.2) is 4.57 Å². The van der Waals surface area contributed by atoms with E-state index in [-0.39, 0.29) is 0 Å². The van der Waals surface area contributed by atoms with Gasteiger partial charge in [-0.3, -0.25) is 0 Å². The van der Waals surface area contributed by atoms with E-state index < -0.39 is 0 Å². The molecule has 8 aromatic rings. The molecule has 0 amide bonds. The summed E-state index contributed by atoms with van der Waals surface area (Å²) in [6.45, 7) is 0. The number of hydrogen-bond acceptors (Lipinski definition) is 1. The van der Waals surface area contributed by atoms with Crippen LogP contribution in [-0.2, 0) is 0 Å². The Labute approximate surface area is 257 Å². The van der Waals surface area contributed by atoms with Crippen molar-refractivity contribution in [1.29, 1.82) is 0 Å². The molecule has 0 aliphatic carbocycles. The molecule has 0 atom stereocenters. The van der Waals surface area contributed by atoms with Crippen LogP contribution in [0.15, 0.2) is 176 Å². The quantitative estimate of drug-likeness (QED) is 0.213. The van der Waals surface area contributed by atoms with Crippen molar-refractivity contribution < 1.29 is 0 Å². The monoisotopic (exact) mass is 562 g/mol. The Morgan fingerprint density at radius 1 is 0.364 bits per heavy atom. The molecule has 0 aliphatic rings. The van der Waals surface area contributed by atoms with Crippen LogP contribution < -0.4 is 5.32 Å². The molecule has 7 aromatic carbocycles. The topological polar surface area (TPSA) is 17.0 Å². The largest absolute Gasteiger partial charge is 0.355 e. The molecule has 2 nitrogen and oxygen atoms in total. The van der Waals surface area contributed by atoms with Gasteiger partial charge >= 0.3 is 0 Å². The molecule has 0 saturated heterocycles. The molecule has 0 radical (unpaired) electrons. The molecular formula is C42H30N2. The Kier molecular flexibility index (Phi) is 6.51. The minimum Gasteiger partial charge on any atom is -0.355 e. The Balaban J connectivity index is 1.31. The van der Waals surface area contributed by atoms with E-state index in [4.69, 9.17) is 0 Å². The smallest absolute Gasteiger partial charge is 0.0542 e. The van der Waals surface area contributed by atoms with Gasteiger partial charge in [0.25, 0.3) is 0 Å². The van der Waals surface area contributed by atoms with Gasteiger partial charge < -0.3 is 9.88 Å². The van der Waals surface area contributed by atoms with Crippen LogP contribution >= 0.6 is 0 Å². The van der Waals surface area contributed by atoms with Gasteiger partial charge in [-0.2, -0.15) is 0 Å². The van der Waals surface area contributed by atoms with Crippen LogP contribution in [0.25, 0.3) is 60.9 Å². The van der Waals surface area contributed by atoms with Gasteiger partial charge in [-0.05, 0) is 76.3 Å². The third kappa shape index (κ3) is 4.63. The zero-order chi connectivity index (χ0) is 29.3. The van der Waals surface area contributed by atoms with Crippen molar-refractivity contribution >= 4 is 33.2 Å². The normalized spacial score (nSPS) is 11.2. The van der Waals surface area contributed by atoms with Gasteiger partial charge in [0.2, 0.25) is 0 Å². The number of anilines is 2. The second-order valence-electron chi connectivity index (χ2n) is 11.1. The lowest BCUT2D eigenvalue weighted by molar-refractivity contribution is 1.18. The molecule has 208 valence electrons. The van der Waals surface area contributed by atoms with Crippen molar-refractivity contribution in [3.8, 4) is 39.1 Å². The van der Waals surface area contributed by atoms with E-state index in [9.17, 15) is 0 Å². The van der Waals surface area contributed by atoms with Crippen LogP contribution in [0.2, 0.25) is 0 Å². The second kappa shape index (κ2) is 11.1. The van der Waals surface area contributed by atoms with Crippen LogP contribution in [0, 0.1) is 0 Å². The number of para-hydroxylation sites is 2. The summed E-state index contributed by atoms with van der Waals surface area (Å²) in [5.74, 6) is 0. The summed E-state index contributed by atoms with van der Waals surface area (Å²) < 4.78 is 2.37. The van der Waals surface area contributed by atoms with Crippen LogP contribution in [0.5, 0.6) is 0 Å². The van der Waals surface area contributed by atoms with E-state index in [0.717, 1.165) is 17.1 Å². The summed E-state index contributed by atoms with van der Waals surface area (Å²) in [6, 6.07) is 62.7. The molecule has 0 spiro atoms. The van der Waals surface area contributed by atoms with Crippen molar-refractivity contribution in [3.05, 3.63) is 176 Å². The number of nitrogens with one attached hydrogen (secondary N) is 1. The van der Waals surface area contributed by atoms with Gasteiger partial charge in [0.05, 0.1) is 11.0 Å². The molecule has 1 heterocycles. The fraction of sp³-hybridized carbons (Fsp3) is 0. The molecule has 0 aliphatic heterocycles. The van der Waals surface area contributed by atoms with Crippen molar-refractivity contribution in [2.24, 2.45) is 0 Å². The van der Waals surface area contributed by atoms with Crippen LogP contribution in [0.3, 0.4) is 0 Å². The summed E-state index contributed by atoms with van der Waals surface area (Å²) in [4.78, 5) is 0. The zero-order valence-corrected chi connectivity index (χ0v) is 24.2. The van der Waals surface area contributed by atoms with E-state index in [1.807, 2.05) is 0 Å². The minimum absolute atomic E-state index is 1.06. The predicted molar refractivity (Wildman–Crippen MR) is 187 cm³/mol. The predicted octanol–water partition coefficient (Wildman–Crippen LogP) is 11.5. The number of aromatic nitrogens is 1. The first kappa shape index (κ1) is 25.8. The van der Waals surface area contributed by atoms with E-state index in [0.29, 0.717) is 0 Å².